The lowest BCUT2D eigenvalue weighted by atomic mass is 10.3. The molecule has 15 heavy (non-hydrogen) atoms. The van der Waals surface area contributed by atoms with E-state index in [1.165, 1.54) is 0 Å². The first-order valence-corrected chi connectivity index (χ1v) is 8.28. The van der Waals surface area contributed by atoms with Gasteiger partial charge in [0.25, 0.3) is 0 Å². The van der Waals surface area contributed by atoms with Crippen molar-refractivity contribution < 1.29 is 4.74 Å². The van der Waals surface area contributed by atoms with E-state index in [1.807, 2.05) is 12.1 Å². The molecule has 0 saturated carbocycles. The van der Waals surface area contributed by atoms with Crippen molar-refractivity contribution in [3.63, 3.8) is 0 Å². The fourth-order valence-corrected chi connectivity index (χ4v) is 2.64. The Kier molecular flexibility index (Phi) is 6.75. The number of alkyl halides is 2. The van der Waals surface area contributed by atoms with E-state index in [9.17, 15) is 0 Å². The van der Waals surface area contributed by atoms with Crippen molar-refractivity contribution >= 4 is 79.6 Å². The molecular weight excluding hydrogens is 524 g/mol. The second kappa shape index (κ2) is 6.99. The van der Waals surface area contributed by atoms with Crippen LogP contribution in [0.2, 0.25) is 0 Å². The summed E-state index contributed by atoms with van der Waals surface area (Å²) in [5.41, 5.74) is 0. The lowest BCUT2D eigenvalue weighted by Crippen LogP contribution is -2.01. The monoisotopic (exact) mass is 526 g/mol. The molecule has 84 valence electrons. The average molecular weight is 531 g/mol. The second-order valence-corrected chi connectivity index (χ2v) is 8.58. The second-order valence-electron chi connectivity index (χ2n) is 2.70. The van der Waals surface area contributed by atoms with Crippen molar-refractivity contribution in [2.75, 3.05) is 6.61 Å². The molecule has 1 aromatic rings. The van der Waals surface area contributed by atoms with Gasteiger partial charge in [0.05, 0.1) is 14.8 Å². The normalized spacial score (nSPS) is 10.8. The molecular formula is C9H7Br5O. The fourth-order valence-electron chi connectivity index (χ4n) is 0.878. The van der Waals surface area contributed by atoms with Gasteiger partial charge < -0.3 is 4.74 Å². The largest absolute Gasteiger partial charge is 0.492 e. The van der Waals surface area contributed by atoms with Gasteiger partial charge in [0.2, 0.25) is 0 Å². The molecule has 1 nitrogen and oxygen atoms in total. The van der Waals surface area contributed by atoms with Crippen molar-refractivity contribution in [3.8, 4) is 5.75 Å². The summed E-state index contributed by atoms with van der Waals surface area (Å²) in [5.74, 6) is 0.839. The maximum absolute atomic E-state index is 5.63. The zero-order valence-electron chi connectivity index (χ0n) is 7.44. The molecule has 0 amide bonds. The van der Waals surface area contributed by atoms with Gasteiger partial charge in [-0.15, -0.1) is 0 Å². The van der Waals surface area contributed by atoms with Gasteiger partial charge in [0.1, 0.15) is 5.75 Å². The first-order valence-electron chi connectivity index (χ1n) is 4.07. The lowest BCUT2D eigenvalue weighted by molar-refractivity contribution is 0.315. The summed E-state index contributed by atoms with van der Waals surface area (Å²) >= 11 is 17.2. The van der Waals surface area contributed by atoms with Gasteiger partial charge in [-0.3, -0.25) is 0 Å². The molecule has 1 rings (SSSR count). The molecule has 0 atom stereocenters. The molecule has 6 heteroatoms. The molecule has 0 radical (unpaired) electrons. The minimum Gasteiger partial charge on any atom is -0.492 e. The quantitative estimate of drug-likeness (QED) is 0.350. The van der Waals surface area contributed by atoms with E-state index in [-0.39, 0.29) is 0 Å². The number of ether oxygens (including phenoxy) is 1. The SMILES string of the molecule is Brc1ccc(OCCC(Br)Br)c(Br)c1Br. The van der Waals surface area contributed by atoms with Gasteiger partial charge in [-0.1, -0.05) is 31.9 Å². The van der Waals surface area contributed by atoms with E-state index in [2.05, 4.69) is 79.6 Å². The van der Waals surface area contributed by atoms with E-state index >= 15 is 0 Å². The zero-order chi connectivity index (χ0) is 11.4. The van der Waals surface area contributed by atoms with Gasteiger partial charge in [0.15, 0.2) is 0 Å². The van der Waals surface area contributed by atoms with Crippen LogP contribution in [-0.2, 0) is 0 Å². The standard InChI is InChI=1S/C9H7Br5O/c10-5-1-2-6(9(14)8(5)13)15-4-3-7(11)12/h1-2,7H,3-4H2. The summed E-state index contributed by atoms with van der Waals surface area (Å²) in [7, 11) is 0. The number of benzene rings is 1. The maximum Gasteiger partial charge on any atom is 0.134 e. The topological polar surface area (TPSA) is 9.23 Å². The van der Waals surface area contributed by atoms with Gasteiger partial charge in [0, 0.05) is 15.4 Å². The van der Waals surface area contributed by atoms with Crippen LogP contribution in [0.4, 0.5) is 0 Å². The van der Waals surface area contributed by atoms with Crippen LogP contribution in [0.25, 0.3) is 0 Å². The number of halogens is 5. The number of hydrogen-bond donors (Lipinski definition) is 0. The maximum atomic E-state index is 5.63. The van der Waals surface area contributed by atoms with Crippen LogP contribution in [0, 0.1) is 0 Å². The average Bonchev–Trinajstić information content (AvgIpc) is 2.18. The van der Waals surface area contributed by atoms with Gasteiger partial charge in [-0.25, -0.2) is 0 Å². The fraction of sp³-hybridized carbons (Fsp3) is 0.333. The molecule has 0 spiro atoms. The van der Waals surface area contributed by atoms with Crippen molar-refractivity contribution in [2.24, 2.45) is 0 Å². The molecule has 0 bridgehead atoms. The van der Waals surface area contributed by atoms with E-state index < -0.39 is 0 Å². The molecule has 0 heterocycles. The highest BCUT2D eigenvalue weighted by Gasteiger charge is 2.08. The van der Waals surface area contributed by atoms with E-state index in [0.717, 1.165) is 25.6 Å². The first kappa shape index (κ1) is 14.5. The molecule has 0 aliphatic rings. The Morgan fingerprint density at radius 3 is 2.33 bits per heavy atom. The zero-order valence-corrected chi connectivity index (χ0v) is 15.4. The summed E-state index contributed by atoms with van der Waals surface area (Å²) in [6.45, 7) is 0.661. The van der Waals surface area contributed by atoms with Crippen LogP contribution >= 0.6 is 79.6 Å². The van der Waals surface area contributed by atoms with Crippen LogP contribution in [0.1, 0.15) is 6.42 Å². The smallest absolute Gasteiger partial charge is 0.134 e. The van der Waals surface area contributed by atoms with Crippen LogP contribution in [0.15, 0.2) is 25.6 Å². The van der Waals surface area contributed by atoms with Crippen LogP contribution in [0.5, 0.6) is 5.75 Å². The highest BCUT2D eigenvalue weighted by Crippen LogP contribution is 2.37. The third-order valence-electron chi connectivity index (χ3n) is 1.59. The highest BCUT2D eigenvalue weighted by atomic mass is 79.9. The molecule has 0 N–H and O–H groups in total. The summed E-state index contributed by atoms with van der Waals surface area (Å²) < 4.78 is 8.82. The van der Waals surface area contributed by atoms with E-state index in [1.54, 1.807) is 0 Å². The third kappa shape index (κ3) is 4.66. The predicted octanol–water partition coefficient (Wildman–Crippen LogP) is 5.86. The van der Waals surface area contributed by atoms with Crippen LogP contribution in [0.3, 0.4) is 0 Å². The molecule has 0 aromatic heterocycles. The minimum atomic E-state index is 0.294. The molecule has 1 aromatic carbocycles. The Morgan fingerprint density at radius 2 is 1.73 bits per heavy atom. The predicted molar refractivity (Wildman–Crippen MR) is 81.3 cm³/mol. The Bertz CT molecular complexity index is 340. The van der Waals surface area contributed by atoms with Gasteiger partial charge >= 0.3 is 0 Å². The summed E-state index contributed by atoms with van der Waals surface area (Å²) in [4.78, 5) is 0. The Morgan fingerprint density at radius 1 is 1.07 bits per heavy atom. The first-order chi connectivity index (χ1) is 7.02. The summed E-state index contributed by atoms with van der Waals surface area (Å²) in [6, 6.07) is 3.88. The minimum absolute atomic E-state index is 0.294. The van der Waals surface area contributed by atoms with E-state index in [0.29, 0.717) is 10.3 Å². The molecule has 0 aliphatic carbocycles. The number of rotatable bonds is 4. The van der Waals surface area contributed by atoms with Crippen molar-refractivity contribution in [2.45, 2.75) is 10.2 Å². The Balaban J connectivity index is 2.66. The van der Waals surface area contributed by atoms with Crippen molar-refractivity contribution in [1.82, 2.24) is 0 Å². The summed E-state index contributed by atoms with van der Waals surface area (Å²) in [6.07, 6.45) is 0.903. The molecule has 0 saturated heterocycles. The number of hydrogen-bond acceptors (Lipinski definition) is 1. The van der Waals surface area contributed by atoms with Crippen molar-refractivity contribution in [1.29, 1.82) is 0 Å². The lowest BCUT2D eigenvalue weighted by Gasteiger charge is -2.10. The Labute approximate surface area is 131 Å². The van der Waals surface area contributed by atoms with Crippen molar-refractivity contribution in [3.05, 3.63) is 25.6 Å². The molecule has 0 aliphatic heterocycles. The molecule has 0 unspecified atom stereocenters. The van der Waals surface area contributed by atoms with Crippen LogP contribution < -0.4 is 4.74 Å². The third-order valence-corrected chi connectivity index (χ3v) is 5.84. The van der Waals surface area contributed by atoms with Gasteiger partial charge in [-0.05, 0) is 59.9 Å². The highest BCUT2D eigenvalue weighted by molar-refractivity contribution is 9.24. The van der Waals surface area contributed by atoms with E-state index in [4.69, 9.17) is 4.74 Å². The molecule has 0 fully saturated rings. The summed E-state index contributed by atoms with van der Waals surface area (Å²) in [5, 5.41) is 0. The Hall–Kier alpha value is 1.42. The van der Waals surface area contributed by atoms with Crippen LogP contribution in [-0.4, -0.2) is 10.3 Å². The van der Waals surface area contributed by atoms with Gasteiger partial charge in [-0.2, -0.15) is 0 Å².